The van der Waals surface area contributed by atoms with E-state index in [0.717, 1.165) is 22.9 Å². The molecule has 0 atom stereocenters. The molecule has 0 saturated heterocycles. The molecule has 2 N–H and O–H groups in total. The van der Waals surface area contributed by atoms with Crippen molar-refractivity contribution in [2.24, 2.45) is 0 Å². The molecule has 1 aromatic carbocycles. The van der Waals surface area contributed by atoms with Gasteiger partial charge in [0.15, 0.2) is 0 Å². The van der Waals surface area contributed by atoms with Crippen LogP contribution in [0.5, 0.6) is 0 Å². The third-order valence-corrected chi connectivity index (χ3v) is 3.91. The summed E-state index contributed by atoms with van der Waals surface area (Å²) in [7, 11) is 0. The Hall–Kier alpha value is -1.36. The van der Waals surface area contributed by atoms with Gasteiger partial charge in [0.05, 0.1) is 12.0 Å². The SMILES string of the molecule is CC(C)NC(=O)CNC(=O)C1(c2cccc(Br)c2)CC1. The van der Waals surface area contributed by atoms with Crippen molar-refractivity contribution in [3.8, 4) is 0 Å². The van der Waals surface area contributed by atoms with Crippen molar-refractivity contribution in [1.82, 2.24) is 10.6 Å². The molecule has 0 heterocycles. The highest BCUT2D eigenvalue weighted by Crippen LogP contribution is 2.48. The maximum Gasteiger partial charge on any atom is 0.239 e. The molecule has 0 radical (unpaired) electrons. The third kappa shape index (κ3) is 3.39. The van der Waals surface area contributed by atoms with E-state index in [0.29, 0.717) is 0 Å². The van der Waals surface area contributed by atoms with Gasteiger partial charge in [0, 0.05) is 10.5 Å². The van der Waals surface area contributed by atoms with E-state index in [4.69, 9.17) is 0 Å². The molecule has 5 heteroatoms. The minimum Gasteiger partial charge on any atom is -0.352 e. The van der Waals surface area contributed by atoms with Gasteiger partial charge in [-0.25, -0.2) is 0 Å². The van der Waals surface area contributed by atoms with Crippen molar-refractivity contribution in [1.29, 1.82) is 0 Å². The summed E-state index contributed by atoms with van der Waals surface area (Å²) in [5.41, 5.74) is 0.565. The van der Waals surface area contributed by atoms with Crippen molar-refractivity contribution < 1.29 is 9.59 Å². The zero-order valence-electron chi connectivity index (χ0n) is 11.7. The van der Waals surface area contributed by atoms with Crippen molar-refractivity contribution >= 4 is 27.7 Å². The number of amides is 2. The van der Waals surface area contributed by atoms with E-state index in [1.807, 2.05) is 38.1 Å². The molecular formula is C15H19BrN2O2. The number of hydrogen-bond acceptors (Lipinski definition) is 2. The number of carbonyl (C=O) groups is 2. The smallest absolute Gasteiger partial charge is 0.239 e. The first-order valence-electron chi connectivity index (χ1n) is 6.78. The van der Waals surface area contributed by atoms with Crippen molar-refractivity contribution in [3.05, 3.63) is 34.3 Å². The number of carbonyl (C=O) groups excluding carboxylic acids is 2. The summed E-state index contributed by atoms with van der Waals surface area (Å²) in [6.07, 6.45) is 1.67. The average Bonchev–Trinajstić information content (AvgIpc) is 3.16. The second-order valence-electron chi connectivity index (χ2n) is 5.50. The van der Waals surface area contributed by atoms with Crippen LogP contribution in [0.4, 0.5) is 0 Å². The van der Waals surface area contributed by atoms with Crippen LogP contribution in [-0.4, -0.2) is 24.4 Å². The third-order valence-electron chi connectivity index (χ3n) is 3.42. The fourth-order valence-electron chi connectivity index (χ4n) is 2.26. The first-order chi connectivity index (χ1) is 9.44. The van der Waals surface area contributed by atoms with E-state index in [9.17, 15) is 9.59 Å². The molecule has 1 aliphatic carbocycles. The minimum absolute atomic E-state index is 0.0345. The van der Waals surface area contributed by atoms with E-state index >= 15 is 0 Å². The zero-order valence-corrected chi connectivity index (χ0v) is 13.3. The zero-order chi connectivity index (χ0) is 14.8. The molecule has 0 aromatic heterocycles. The molecule has 20 heavy (non-hydrogen) atoms. The van der Waals surface area contributed by atoms with Crippen LogP contribution in [-0.2, 0) is 15.0 Å². The highest BCUT2D eigenvalue weighted by Gasteiger charge is 2.51. The number of hydrogen-bond donors (Lipinski definition) is 2. The minimum atomic E-state index is -0.443. The maximum absolute atomic E-state index is 12.3. The standard InChI is InChI=1S/C15H19BrN2O2/c1-10(2)18-13(19)9-17-14(20)15(6-7-15)11-4-3-5-12(16)8-11/h3-5,8,10H,6-7,9H2,1-2H3,(H,17,20)(H,18,19). The van der Waals surface area contributed by atoms with Gasteiger partial charge < -0.3 is 10.6 Å². The summed E-state index contributed by atoms with van der Waals surface area (Å²) >= 11 is 3.43. The summed E-state index contributed by atoms with van der Waals surface area (Å²) in [5.74, 6) is -0.215. The predicted molar refractivity (Wildman–Crippen MR) is 81.3 cm³/mol. The van der Waals surface area contributed by atoms with Crippen LogP contribution in [0.25, 0.3) is 0 Å². The van der Waals surface area contributed by atoms with E-state index in [1.165, 1.54) is 0 Å². The molecule has 4 nitrogen and oxygen atoms in total. The molecule has 1 saturated carbocycles. The lowest BCUT2D eigenvalue weighted by molar-refractivity contribution is -0.127. The Morgan fingerprint density at radius 2 is 2.05 bits per heavy atom. The number of halogens is 1. The van der Waals surface area contributed by atoms with Gasteiger partial charge in [0.2, 0.25) is 11.8 Å². The second kappa shape index (κ2) is 5.95. The first kappa shape index (κ1) is 15.0. The molecule has 1 fully saturated rings. The fraction of sp³-hybridized carbons (Fsp3) is 0.467. The first-order valence-corrected chi connectivity index (χ1v) is 7.57. The summed E-state index contributed by atoms with van der Waals surface area (Å²) in [5, 5.41) is 5.50. The summed E-state index contributed by atoms with van der Waals surface area (Å²) in [6, 6.07) is 7.89. The molecule has 2 rings (SSSR count). The highest BCUT2D eigenvalue weighted by atomic mass is 79.9. The van der Waals surface area contributed by atoms with Gasteiger partial charge >= 0.3 is 0 Å². The molecule has 0 bridgehead atoms. The maximum atomic E-state index is 12.3. The van der Waals surface area contributed by atoms with E-state index in [1.54, 1.807) is 0 Å². The van der Waals surface area contributed by atoms with Crippen LogP contribution in [0.2, 0.25) is 0 Å². The normalized spacial score (nSPS) is 15.8. The molecule has 1 aromatic rings. The molecule has 1 aliphatic rings. The van der Waals surface area contributed by atoms with Gasteiger partial charge in [-0.15, -0.1) is 0 Å². The monoisotopic (exact) mass is 338 g/mol. The lowest BCUT2D eigenvalue weighted by Gasteiger charge is -2.16. The summed E-state index contributed by atoms with van der Waals surface area (Å²) in [4.78, 5) is 23.9. The van der Waals surface area contributed by atoms with Crippen LogP contribution < -0.4 is 10.6 Å². The average molecular weight is 339 g/mol. The molecular weight excluding hydrogens is 320 g/mol. The van der Waals surface area contributed by atoms with E-state index in [-0.39, 0.29) is 24.4 Å². The van der Waals surface area contributed by atoms with Crippen molar-refractivity contribution in [2.75, 3.05) is 6.54 Å². The second-order valence-corrected chi connectivity index (χ2v) is 6.41. The van der Waals surface area contributed by atoms with Crippen LogP contribution in [0.1, 0.15) is 32.3 Å². The molecule has 0 unspecified atom stereocenters. The summed E-state index contributed by atoms with van der Waals surface area (Å²) < 4.78 is 0.964. The van der Waals surface area contributed by atoms with Crippen LogP contribution in [0, 0.1) is 0 Å². The van der Waals surface area contributed by atoms with Gasteiger partial charge in [-0.1, -0.05) is 28.1 Å². The Kier molecular flexibility index (Phi) is 4.48. The molecule has 108 valence electrons. The Morgan fingerprint density at radius 3 is 2.60 bits per heavy atom. The number of benzene rings is 1. The quantitative estimate of drug-likeness (QED) is 0.863. The van der Waals surface area contributed by atoms with E-state index in [2.05, 4.69) is 26.6 Å². The fourth-order valence-corrected chi connectivity index (χ4v) is 2.66. The topological polar surface area (TPSA) is 58.2 Å². The van der Waals surface area contributed by atoms with Gasteiger partial charge in [-0.3, -0.25) is 9.59 Å². The summed E-state index contributed by atoms with van der Waals surface area (Å²) in [6.45, 7) is 3.82. The van der Waals surface area contributed by atoms with Gasteiger partial charge in [-0.05, 0) is 44.4 Å². The number of nitrogens with one attached hydrogen (secondary N) is 2. The lowest BCUT2D eigenvalue weighted by Crippen LogP contribution is -2.43. The van der Waals surface area contributed by atoms with Gasteiger partial charge in [0.25, 0.3) is 0 Å². The Morgan fingerprint density at radius 1 is 1.35 bits per heavy atom. The van der Waals surface area contributed by atoms with Crippen molar-refractivity contribution in [2.45, 2.75) is 38.1 Å². The lowest BCUT2D eigenvalue weighted by atomic mass is 9.95. The van der Waals surface area contributed by atoms with Crippen LogP contribution in [0.3, 0.4) is 0 Å². The Balaban J connectivity index is 1.97. The number of rotatable bonds is 5. The van der Waals surface area contributed by atoms with Gasteiger partial charge in [-0.2, -0.15) is 0 Å². The Labute approximate surface area is 127 Å². The van der Waals surface area contributed by atoms with Gasteiger partial charge in [0.1, 0.15) is 0 Å². The predicted octanol–water partition coefficient (Wildman–Crippen LogP) is 2.12. The molecule has 0 aliphatic heterocycles. The van der Waals surface area contributed by atoms with Crippen LogP contribution in [0.15, 0.2) is 28.7 Å². The molecule has 2 amide bonds. The highest BCUT2D eigenvalue weighted by molar-refractivity contribution is 9.10. The van der Waals surface area contributed by atoms with Crippen LogP contribution >= 0.6 is 15.9 Å². The Bertz CT molecular complexity index is 524. The van der Waals surface area contributed by atoms with E-state index < -0.39 is 5.41 Å². The largest absolute Gasteiger partial charge is 0.352 e. The van der Waals surface area contributed by atoms with Crippen molar-refractivity contribution in [3.63, 3.8) is 0 Å². The molecule has 0 spiro atoms.